The summed E-state index contributed by atoms with van der Waals surface area (Å²) in [5.74, 6) is 0.534. The fourth-order valence-electron chi connectivity index (χ4n) is 4.95. The molecule has 0 saturated carbocycles. The van der Waals surface area contributed by atoms with E-state index in [2.05, 4.69) is 38.1 Å². The maximum Gasteiger partial charge on any atom is 0.160 e. The van der Waals surface area contributed by atoms with Crippen LogP contribution in [0.3, 0.4) is 0 Å². The van der Waals surface area contributed by atoms with Gasteiger partial charge in [-0.1, -0.05) is 40.7 Å². The van der Waals surface area contributed by atoms with E-state index < -0.39 is 0 Å². The predicted octanol–water partition coefficient (Wildman–Crippen LogP) is 7.31. The highest BCUT2D eigenvalue weighted by atomic mass is 14.9. The second-order valence-electron chi connectivity index (χ2n) is 8.81. The van der Waals surface area contributed by atoms with Crippen LogP contribution in [0, 0.1) is 12.8 Å². The standard InChI is InChI=1S/C25H24N4.2C2H6/c1-13-10-17-8-9-19-12-20-11-18-7-6-16-5-4-14(2)26-21(16)23(18)28-25(20)29-24(19)22(17)27-15(13)3;2*1-2/h4-5,11-13H,6-10H2,1-3H3;2*1-2H3/t13-;;/m1../s1. The molecule has 3 aliphatic rings. The van der Waals surface area contributed by atoms with Crippen LogP contribution >= 0.6 is 0 Å². The third-order valence-electron chi connectivity index (χ3n) is 6.78. The Kier molecular flexibility index (Phi) is 6.73. The first kappa shape index (κ1) is 23.3. The van der Waals surface area contributed by atoms with Crippen LogP contribution in [0.4, 0.5) is 0 Å². The van der Waals surface area contributed by atoms with Crippen molar-refractivity contribution in [1.29, 1.82) is 0 Å². The summed E-state index contributed by atoms with van der Waals surface area (Å²) in [5, 5.41) is 1.15. The van der Waals surface area contributed by atoms with Gasteiger partial charge in [0, 0.05) is 16.8 Å². The Hall–Kier alpha value is -2.88. The van der Waals surface area contributed by atoms with Gasteiger partial charge in [-0.2, -0.15) is 0 Å². The molecule has 1 atom stereocenters. The van der Waals surface area contributed by atoms with Crippen molar-refractivity contribution < 1.29 is 0 Å². The van der Waals surface area contributed by atoms with Crippen LogP contribution in [-0.4, -0.2) is 20.7 Å². The highest BCUT2D eigenvalue weighted by Gasteiger charge is 2.27. The van der Waals surface area contributed by atoms with Gasteiger partial charge in [0.15, 0.2) is 5.65 Å². The molecule has 0 aromatic carbocycles. The lowest BCUT2D eigenvalue weighted by Gasteiger charge is -2.27. The molecule has 1 aliphatic heterocycles. The number of nitrogens with zero attached hydrogens (tertiary/aromatic N) is 4. The third kappa shape index (κ3) is 4.12. The zero-order valence-electron chi connectivity index (χ0n) is 21.2. The zero-order chi connectivity index (χ0) is 23.7. The summed E-state index contributed by atoms with van der Waals surface area (Å²) in [4.78, 5) is 19.9. The molecule has 0 saturated heterocycles. The summed E-state index contributed by atoms with van der Waals surface area (Å²) in [6.07, 6.45) is 5.32. The van der Waals surface area contributed by atoms with Gasteiger partial charge in [-0.25, -0.2) is 9.97 Å². The number of aliphatic imine (C=N–C) groups is 1. The lowest BCUT2D eigenvalue weighted by molar-refractivity contribution is 0.698. The van der Waals surface area contributed by atoms with Crippen molar-refractivity contribution in [1.82, 2.24) is 15.0 Å². The van der Waals surface area contributed by atoms with E-state index in [1.165, 1.54) is 28.0 Å². The normalized spacial score (nSPS) is 17.9. The number of hydrogen-bond donors (Lipinski definition) is 0. The van der Waals surface area contributed by atoms with Crippen molar-refractivity contribution in [3.63, 3.8) is 0 Å². The lowest BCUT2D eigenvalue weighted by Crippen LogP contribution is -2.18. The molecule has 33 heavy (non-hydrogen) atoms. The number of allylic oxidation sites excluding steroid dienone is 1. The smallest absolute Gasteiger partial charge is 0.160 e. The van der Waals surface area contributed by atoms with E-state index in [0.29, 0.717) is 5.92 Å². The Morgan fingerprint density at radius 3 is 2.09 bits per heavy atom. The number of pyridine rings is 3. The number of aryl methyl sites for hydroxylation is 4. The van der Waals surface area contributed by atoms with Gasteiger partial charge in [0.2, 0.25) is 0 Å². The predicted molar refractivity (Wildman–Crippen MR) is 140 cm³/mol. The molecule has 172 valence electrons. The summed E-state index contributed by atoms with van der Waals surface area (Å²) in [6, 6.07) is 8.89. The van der Waals surface area contributed by atoms with Crippen LogP contribution in [0.25, 0.3) is 28.1 Å². The Labute approximate surface area is 198 Å². The largest absolute Gasteiger partial charge is 0.256 e. The van der Waals surface area contributed by atoms with E-state index in [1.807, 2.05) is 34.6 Å². The van der Waals surface area contributed by atoms with Crippen molar-refractivity contribution in [2.75, 3.05) is 0 Å². The SMILES string of the molecule is CC.CC.CC1=NC2=C(CCc3cc4cc5c(nc4nc32)-c2nc(C)ccc2CC5)C[C@H]1C. The topological polar surface area (TPSA) is 51.0 Å². The highest BCUT2D eigenvalue weighted by molar-refractivity contribution is 5.94. The van der Waals surface area contributed by atoms with Gasteiger partial charge in [0.05, 0.1) is 22.8 Å². The van der Waals surface area contributed by atoms with Gasteiger partial charge >= 0.3 is 0 Å². The molecule has 3 aromatic rings. The molecule has 3 aromatic heterocycles. The number of hydrogen-bond acceptors (Lipinski definition) is 4. The Morgan fingerprint density at radius 1 is 0.727 bits per heavy atom. The van der Waals surface area contributed by atoms with E-state index >= 15 is 0 Å². The van der Waals surface area contributed by atoms with Crippen molar-refractivity contribution in [3.8, 4) is 11.4 Å². The monoisotopic (exact) mass is 440 g/mol. The summed E-state index contributed by atoms with van der Waals surface area (Å²) in [7, 11) is 0. The molecule has 0 spiro atoms. The molecule has 0 unspecified atom stereocenters. The second kappa shape index (κ2) is 9.54. The molecule has 0 amide bonds. The van der Waals surface area contributed by atoms with Crippen molar-refractivity contribution in [2.24, 2.45) is 10.9 Å². The Balaban J connectivity index is 0.000000617. The molecule has 2 aliphatic carbocycles. The Bertz CT molecular complexity index is 1270. The van der Waals surface area contributed by atoms with Crippen LogP contribution in [0.2, 0.25) is 0 Å². The summed E-state index contributed by atoms with van der Waals surface area (Å²) >= 11 is 0. The van der Waals surface area contributed by atoms with Gasteiger partial charge in [0.1, 0.15) is 0 Å². The fraction of sp³-hybridized carbons (Fsp3) is 0.448. The minimum absolute atomic E-state index is 0.534. The summed E-state index contributed by atoms with van der Waals surface area (Å²) in [5.41, 5.74) is 12.6. The van der Waals surface area contributed by atoms with Crippen molar-refractivity contribution >= 4 is 22.4 Å². The number of fused-ring (bicyclic) bond motifs is 6. The maximum absolute atomic E-state index is 5.06. The Morgan fingerprint density at radius 2 is 1.33 bits per heavy atom. The zero-order valence-corrected chi connectivity index (χ0v) is 21.2. The number of rotatable bonds is 0. The van der Waals surface area contributed by atoms with E-state index in [0.717, 1.165) is 71.6 Å². The molecule has 4 heterocycles. The highest BCUT2D eigenvalue weighted by Crippen LogP contribution is 2.40. The van der Waals surface area contributed by atoms with Crippen molar-refractivity contribution in [2.45, 2.75) is 80.6 Å². The molecule has 0 fully saturated rings. The van der Waals surface area contributed by atoms with Crippen LogP contribution in [0.5, 0.6) is 0 Å². The third-order valence-corrected chi connectivity index (χ3v) is 6.78. The molecule has 0 radical (unpaired) electrons. The van der Waals surface area contributed by atoms with Gasteiger partial charge < -0.3 is 0 Å². The first-order valence-electron chi connectivity index (χ1n) is 12.6. The van der Waals surface area contributed by atoms with E-state index in [4.69, 9.17) is 19.9 Å². The average Bonchev–Trinajstić information content (AvgIpc) is 2.85. The van der Waals surface area contributed by atoms with Crippen LogP contribution in [0.1, 0.15) is 82.5 Å². The number of aromatic nitrogens is 3. The molecule has 4 heteroatoms. The molecule has 0 bridgehead atoms. The summed E-state index contributed by atoms with van der Waals surface area (Å²) in [6.45, 7) is 14.5. The van der Waals surface area contributed by atoms with Crippen LogP contribution < -0.4 is 0 Å². The van der Waals surface area contributed by atoms with Crippen LogP contribution in [0.15, 0.2) is 34.8 Å². The second-order valence-corrected chi connectivity index (χ2v) is 8.81. The minimum Gasteiger partial charge on any atom is -0.256 e. The van der Waals surface area contributed by atoms with Crippen molar-refractivity contribution in [3.05, 3.63) is 57.9 Å². The molecule has 0 N–H and O–H groups in total. The van der Waals surface area contributed by atoms with Gasteiger partial charge in [-0.3, -0.25) is 9.98 Å². The lowest BCUT2D eigenvalue weighted by atomic mass is 9.84. The van der Waals surface area contributed by atoms with Gasteiger partial charge in [0.25, 0.3) is 0 Å². The van der Waals surface area contributed by atoms with Gasteiger partial charge in [-0.15, -0.1) is 0 Å². The molecule has 6 rings (SSSR count). The summed E-state index contributed by atoms with van der Waals surface area (Å²) < 4.78 is 0. The molecular weight excluding hydrogens is 404 g/mol. The molecular formula is C29H36N4. The molecule has 4 nitrogen and oxygen atoms in total. The van der Waals surface area contributed by atoms with Gasteiger partial charge in [-0.05, 0) is 92.3 Å². The van der Waals surface area contributed by atoms with Crippen LogP contribution in [-0.2, 0) is 19.3 Å². The maximum atomic E-state index is 5.06. The van der Waals surface area contributed by atoms with E-state index in [1.54, 1.807) is 0 Å². The fourth-order valence-corrected chi connectivity index (χ4v) is 4.95. The first-order valence-corrected chi connectivity index (χ1v) is 12.6. The minimum atomic E-state index is 0.534. The van der Waals surface area contributed by atoms with E-state index in [9.17, 15) is 0 Å². The first-order chi connectivity index (χ1) is 16.1. The quantitative estimate of drug-likeness (QED) is 0.368. The van der Waals surface area contributed by atoms with E-state index in [-0.39, 0.29) is 0 Å². The average molecular weight is 441 g/mol.